The molecular weight excluding hydrogens is 408 g/mol. The van der Waals surface area contributed by atoms with Crippen LogP contribution in [0.4, 0.5) is 16.2 Å². The van der Waals surface area contributed by atoms with Crippen molar-refractivity contribution in [1.82, 2.24) is 0 Å². The van der Waals surface area contributed by atoms with Gasteiger partial charge in [0, 0.05) is 17.0 Å². The van der Waals surface area contributed by atoms with E-state index in [0.29, 0.717) is 10.4 Å². The molecule has 1 aromatic heterocycles. The fraction of sp³-hybridized carbons (Fsp3) is 0.143. The summed E-state index contributed by atoms with van der Waals surface area (Å²) in [5.41, 5.74) is 1.51. The summed E-state index contributed by atoms with van der Waals surface area (Å²) in [6.45, 7) is 1.91. The minimum absolute atomic E-state index is 0.0727. The lowest BCUT2D eigenvalue weighted by molar-refractivity contribution is -0.384. The predicted molar refractivity (Wildman–Crippen MR) is 113 cm³/mol. The Hall–Kier alpha value is -3.72. The molecule has 0 atom stereocenters. The quantitative estimate of drug-likeness (QED) is 0.314. The maximum atomic E-state index is 12.3. The Bertz CT molecular complexity index is 1060. The van der Waals surface area contributed by atoms with E-state index in [9.17, 15) is 19.7 Å². The smallest absolute Gasteiger partial charge is 0.412 e. The molecule has 0 aliphatic rings. The number of nitrogens with one attached hydrogen (secondary N) is 1. The molecule has 8 nitrogen and oxygen atoms in total. The summed E-state index contributed by atoms with van der Waals surface area (Å²) in [5, 5.41) is 13.6. The molecule has 9 heteroatoms. The van der Waals surface area contributed by atoms with Crippen molar-refractivity contribution in [2.75, 3.05) is 11.9 Å². The molecule has 1 N–H and O–H groups in total. The second kappa shape index (κ2) is 9.66. The highest BCUT2D eigenvalue weighted by Gasteiger charge is 2.21. The van der Waals surface area contributed by atoms with E-state index >= 15 is 0 Å². The normalized spacial score (nSPS) is 10.3. The number of rotatable bonds is 7. The molecular formula is C21H18N2O6S. The average molecular weight is 426 g/mol. The molecule has 0 radical (unpaired) electrons. The average Bonchev–Trinajstić information content (AvgIpc) is 3.17. The Kier molecular flexibility index (Phi) is 6.76. The van der Waals surface area contributed by atoms with Gasteiger partial charge in [-0.25, -0.2) is 9.59 Å². The van der Waals surface area contributed by atoms with Gasteiger partial charge in [0.2, 0.25) is 0 Å². The lowest BCUT2D eigenvalue weighted by Gasteiger charge is -2.07. The van der Waals surface area contributed by atoms with Crippen molar-refractivity contribution in [1.29, 1.82) is 0 Å². The maximum Gasteiger partial charge on any atom is 0.412 e. The summed E-state index contributed by atoms with van der Waals surface area (Å²) in [7, 11) is 0. The van der Waals surface area contributed by atoms with E-state index in [1.54, 1.807) is 25.1 Å². The minimum atomic E-state index is -0.729. The van der Waals surface area contributed by atoms with Gasteiger partial charge in [-0.15, -0.1) is 11.3 Å². The number of hydrogen-bond donors (Lipinski definition) is 1. The molecule has 0 aliphatic carbocycles. The summed E-state index contributed by atoms with van der Waals surface area (Å²) in [5.74, 6) is -0.599. The first-order valence-corrected chi connectivity index (χ1v) is 9.83. The van der Waals surface area contributed by atoms with Gasteiger partial charge >= 0.3 is 12.1 Å². The number of nitro benzene ring substituents is 1. The number of hydrogen-bond acceptors (Lipinski definition) is 7. The van der Waals surface area contributed by atoms with Crippen LogP contribution in [0.1, 0.15) is 22.2 Å². The van der Waals surface area contributed by atoms with Crippen LogP contribution < -0.4 is 5.32 Å². The van der Waals surface area contributed by atoms with Gasteiger partial charge in [-0.1, -0.05) is 42.5 Å². The van der Waals surface area contributed by atoms with Gasteiger partial charge in [0.25, 0.3) is 5.69 Å². The third kappa shape index (κ3) is 5.21. The van der Waals surface area contributed by atoms with E-state index in [0.717, 1.165) is 16.9 Å². The van der Waals surface area contributed by atoms with Crippen LogP contribution in [0.15, 0.2) is 60.7 Å². The van der Waals surface area contributed by atoms with Crippen LogP contribution in [0.5, 0.6) is 0 Å². The molecule has 30 heavy (non-hydrogen) atoms. The third-order valence-electron chi connectivity index (χ3n) is 3.98. The molecule has 0 spiro atoms. The number of amides is 1. The first-order valence-electron chi connectivity index (χ1n) is 9.01. The highest BCUT2D eigenvalue weighted by Crippen LogP contribution is 2.36. The van der Waals surface area contributed by atoms with Gasteiger partial charge in [0.05, 0.1) is 17.2 Å². The van der Waals surface area contributed by atoms with E-state index in [4.69, 9.17) is 9.47 Å². The van der Waals surface area contributed by atoms with Crippen LogP contribution in [0.3, 0.4) is 0 Å². The molecule has 0 saturated heterocycles. The largest absolute Gasteiger partial charge is 0.462 e. The number of anilines is 1. The summed E-state index contributed by atoms with van der Waals surface area (Å²) in [4.78, 5) is 35.9. The molecule has 3 aromatic rings. The van der Waals surface area contributed by atoms with E-state index in [1.165, 1.54) is 12.1 Å². The summed E-state index contributed by atoms with van der Waals surface area (Å²) in [6, 6.07) is 16.8. The van der Waals surface area contributed by atoms with Crippen LogP contribution in [0.2, 0.25) is 0 Å². The topological polar surface area (TPSA) is 108 Å². The van der Waals surface area contributed by atoms with E-state index in [-0.39, 0.29) is 29.5 Å². The second-order valence-electron chi connectivity index (χ2n) is 6.07. The number of benzene rings is 2. The third-order valence-corrected chi connectivity index (χ3v) is 5.15. The van der Waals surface area contributed by atoms with Crippen LogP contribution in [0, 0.1) is 10.1 Å². The zero-order valence-electron chi connectivity index (χ0n) is 16.0. The molecule has 0 saturated carbocycles. The zero-order valence-corrected chi connectivity index (χ0v) is 16.8. The van der Waals surface area contributed by atoms with Gasteiger partial charge in [0.15, 0.2) is 0 Å². The van der Waals surface area contributed by atoms with E-state index in [2.05, 4.69) is 5.32 Å². The molecule has 0 bridgehead atoms. The highest BCUT2D eigenvalue weighted by molar-refractivity contribution is 7.18. The van der Waals surface area contributed by atoms with Crippen LogP contribution >= 0.6 is 11.3 Å². The zero-order chi connectivity index (χ0) is 21.5. The number of non-ortho nitro benzene ring substituents is 1. The predicted octanol–water partition coefficient (Wildman–Crippen LogP) is 5.25. The monoisotopic (exact) mass is 426 g/mol. The Morgan fingerprint density at radius 3 is 2.53 bits per heavy atom. The van der Waals surface area contributed by atoms with Crippen LogP contribution in [-0.2, 0) is 16.1 Å². The number of esters is 1. The Balaban J connectivity index is 1.83. The Morgan fingerprint density at radius 1 is 1.07 bits per heavy atom. The number of carbonyl (C=O) groups is 2. The molecule has 154 valence electrons. The highest BCUT2D eigenvalue weighted by atomic mass is 32.1. The first kappa shape index (κ1) is 21.0. The van der Waals surface area contributed by atoms with Crippen molar-refractivity contribution < 1.29 is 24.0 Å². The lowest BCUT2D eigenvalue weighted by Crippen LogP contribution is -2.15. The fourth-order valence-corrected chi connectivity index (χ4v) is 3.62. The molecule has 0 unspecified atom stereocenters. The number of carbonyl (C=O) groups excluding carboxylic acids is 2. The molecule has 0 fully saturated rings. The van der Waals surface area contributed by atoms with Crippen molar-refractivity contribution in [2.45, 2.75) is 13.5 Å². The van der Waals surface area contributed by atoms with Crippen molar-refractivity contribution >= 4 is 34.8 Å². The van der Waals surface area contributed by atoms with Crippen LogP contribution in [-0.4, -0.2) is 23.6 Å². The molecule has 1 amide bonds. The molecule has 3 rings (SSSR count). The number of thiophene rings is 1. The number of nitro groups is 1. The van der Waals surface area contributed by atoms with Crippen molar-refractivity contribution in [3.05, 3.63) is 81.2 Å². The van der Waals surface area contributed by atoms with Gasteiger partial charge in [-0.05, 0) is 24.1 Å². The second-order valence-corrected chi connectivity index (χ2v) is 7.12. The Morgan fingerprint density at radius 2 is 1.83 bits per heavy atom. The standard InChI is InChI=1S/C21H18N2O6S/c1-2-28-20(24)19-17(22-21(25)29-13-14-7-4-3-5-8-14)12-18(30-19)15-9-6-10-16(11-15)23(26)27/h3-12H,2,13H2,1H3,(H,22,25). The summed E-state index contributed by atoms with van der Waals surface area (Å²) in [6.07, 6.45) is -0.729. The van der Waals surface area contributed by atoms with Crippen molar-refractivity contribution in [2.24, 2.45) is 0 Å². The summed E-state index contributed by atoms with van der Waals surface area (Å²) < 4.78 is 10.3. The van der Waals surface area contributed by atoms with E-state index < -0.39 is 17.0 Å². The van der Waals surface area contributed by atoms with Gasteiger partial charge in [-0.3, -0.25) is 15.4 Å². The number of nitrogens with zero attached hydrogens (tertiary/aromatic N) is 1. The lowest BCUT2D eigenvalue weighted by atomic mass is 10.1. The van der Waals surface area contributed by atoms with Gasteiger partial charge < -0.3 is 9.47 Å². The van der Waals surface area contributed by atoms with E-state index in [1.807, 2.05) is 30.3 Å². The van der Waals surface area contributed by atoms with Crippen molar-refractivity contribution in [3.8, 4) is 10.4 Å². The first-order chi connectivity index (χ1) is 14.5. The fourth-order valence-electron chi connectivity index (χ4n) is 2.62. The SMILES string of the molecule is CCOC(=O)c1sc(-c2cccc([N+](=O)[O-])c2)cc1NC(=O)OCc1ccccc1. The maximum absolute atomic E-state index is 12.3. The number of ether oxygens (including phenoxy) is 2. The van der Waals surface area contributed by atoms with Crippen molar-refractivity contribution in [3.63, 3.8) is 0 Å². The minimum Gasteiger partial charge on any atom is -0.462 e. The molecule has 0 aliphatic heterocycles. The summed E-state index contributed by atoms with van der Waals surface area (Å²) >= 11 is 1.07. The van der Waals surface area contributed by atoms with Gasteiger partial charge in [0.1, 0.15) is 11.5 Å². The molecule has 1 heterocycles. The Labute approximate surface area is 176 Å². The van der Waals surface area contributed by atoms with Crippen LogP contribution in [0.25, 0.3) is 10.4 Å². The van der Waals surface area contributed by atoms with Gasteiger partial charge in [-0.2, -0.15) is 0 Å². The molecule has 2 aromatic carbocycles.